The molecule has 0 unspecified atom stereocenters. The van der Waals surface area contributed by atoms with Gasteiger partial charge in [-0.05, 0) is 50.3 Å². The first-order valence-electron chi connectivity index (χ1n) is 10.4. The maximum Gasteiger partial charge on any atom is 0.325 e. The Hall–Kier alpha value is -2.95. The molecule has 0 bridgehead atoms. The summed E-state index contributed by atoms with van der Waals surface area (Å²) in [5.74, 6) is -0.533. The maximum atomic E-state index is 12.7. The number of carbonyl (C=O) groups is 3. The van der Waals surface area contributed by atoms with Crippen molar-refractivity contribution in [3.63, 3.8) is 0 Å². The van der Waals surface area contributed by atoms with Crippen LogP contribution in [-0.2, 0) is 19.6 Å². The van der Waals surface area contributed by atoms with Crippen LogP contribution in [0.1, 0.15) is 44.9 Å². The smallest absolute Gasteiger partial charge is 0.324 e. The molecule has 1 saturated carbocycles. The Morgan fingerprint density at radius 1 is 1.16 bits per heavy atom. The average molecular weight is 448 g/mol. The van der Waals surface area contributed by atoms with Crippen molar-refractivity contribution in [2.45, 2.75) is 55.4 Å². The van der Waals surface area contributed by atoms with Crippen LogP contribution in [0.3, 0.4) is 0 Å². The Morgan fingerprint density at radius 3 is 2.68 bits per heavy atom. The van der Waals surface area contributed by atoms with Crippen molar-refractivity contribution >= 4 is 39.4 Å². The van der Waals surface area contributed by atoms with Crippen molar-refractivity contribution in [3.8, 4) is 0 Å². The Bertz CT molecular complexity index is 1050. The predicted molar refractivity (Wildman–Crippen MR) is 113 cm³/mol. The number of amides is 4. The molecule has 0 aromatic heterocycles. The lowest BCUT2D eigenvalue weighted by atomic mass is 9.77. The van der Waals surface area contributed by atoms with Gasteiger partial charge in [0.1, 0.15) is 17.9 Å². The summed E-state index contributed by atoms with van der Waals surface area (Å²) in [5.41, 5.74) is -0.598. The first-order chi connectivity index (χ1) is 14.8. The van der Waals surface area contributed by atoms with Gasteiger partial charge in [0.25, 0.3) is 15.9 Å². The van der Waals surface area contributed by atoms with Crippen LogP contribution in [0.15, 0.2) is 34.2 Å². The van der Waals surface area contributed by atoms with E-state index in [0.29, 0.717) is 31.6 Å². The number of anilines is 1. The highest BCUT2D eigenvalue weighted by molar-refractivity contribution is 7.90. The molecule has 3 aliphatic rings. The van der Waals surface area contributed by atoms with E-state index in [9.17, 15) is 22.8 Å². The third-order valence-electron chi connectivity index (χ3n) is 5.81. The standard InChI is InChI=1S/C20H25N5O5S/c26-17(13-25-18(27)20(9-5-10-20)23-19(25)28)22-14-6-4-7-15(12-14)31(29,30)24-16-8-2-1-3-11-21-16/h4,6-7,12H,1-3,5,8-11,13H2,(H,21,24)(H,22,26)(H,23,28). The molecular formula is C20H25N5O5S. The molecular weight excluding hydrogens is 422 g/mol. The summed E-state index contributed by atoms with van der Waals surface area (Å²) in [5, 5.41) is 5.23. The molecule has 2 fully saturated rings. The first-order valence-corrected chi connectivity index (χ1v) is 11.9. The molecule has 2 heterocycles. The molecule has 1 spiro atoms. The van der Waals surface area contributed by atoms with Gasteiger partial charge in [-0.25, -0.2) is 13.2 Å². The van der Waals surface area contributed by atoms with E-state index >= 15 is 0 Å². The van der Waals surface area contributed by atoms with Gasteiger partial charge in [0.2, 0.25) is 5.91 Å². The zero-order valence-corrected chi connectivity index (χ0v) is 17.8. The summed E-state index contributed by atoms with van der Waals surface area (Å²) < 4.78 is 28.0. The maximum absolute atomic E-state index is 12.7. The second-order valence-corrected chi connectivity index (χ2v) is 9.76. The highest BCUT2D eigenvalue weighted by Gasteiger charge is 2.54. The van der Waals surface area contributed by atoms with Gasteiger partial charge in [0.05, 0.1) is 4.90 Å². The molecule has 2 aliphatic heterocycles. The van der Waals surface area contributed by atoms with Crippen molar-refractivity contribution in [1.82, 2.24) is 14.9 Å². The number of nitrogens with one attached hydrogen (secondary N) is 3. The molecule has 0 radical (unpaired) electrons. The topological polar surface area (TPSA) is 137 Å². The number of rotatable bonds is 5. The lowest BCUT2D eigenvalue weighted by Gasteiger charge is -2.34. The van der Waals surface area contributed by atoms with E-state index in [0.717, 1.165) is 30.6 Å². The van der Waals surface area contributed by atoms with E-state index in [-0.39, 0.29) is 16.5 Å². The minimum absolute atomic E-state index is 0.0133. The summed E-state index contributed by atoms with van der Waals surface area (Å²) in [6.07, 6.45) is 5.40. The number of nitrogens with zero attached hydrogens (tertiary/aromatic N) is 2. The van der Waals surface area contributed by atoms with Crippen LogP contribution in [0.4, 0.5) is 10.5 Å². The molecule has 31 heavy (non-hydrogen) atoms. The number of aliphatic imine (C=N–C) groups is 1. The second-order valence-electron chi connectivity index (χ2n) is 8.08. The Morgan fingerprint density at radius 2 is 1.97 bits per heavy atom. The molecule has 3 N–H and O–H groups in total. The Balaban J connectivity index is 1.41. The summed E-state index contributed by atoms with van der Waals surface area (Å²) in [6.45, 7) is 0.163. The molecule has 1 aliphatic carbocycles. The third kappa shape index (κ3) is 4.41. The van der Waals surface area contributed by atoms with Crippen molar-refractivity contribution in [1.29, 1.82) is 0 Å². The molecule has 0 atom stereocenters. The van der Waals surface area contributed by atoms with Crippen LogP contribution in [-0.4, -0.2) is 55.6 Å². The van der Waals surface area contributed by atoms with E-state index in [2.05, 4.69) is 20.3 Å². The van der Waals surface area contributed by atoms with Gasteiger partial charge in [-0.3, -0.25) is 24.2 Å². The molecule has 10 nitrogen and oxygen atoms in total. The fourth-order valence-electron chi connectivity index (χ4n) is 3.95. The summed E-state index contributed by atoms with van der Waals surface area (Å²) in [6, 6.07) is 5.23. The zero-order chi connectivity index (χ0) is 22.1. The average Bonchev–Trinajstić information content (AvgIpc) is 2.86. The third-order valence-corrected chi connectivity index (χ3v) is 7.19. The van der Waals surface area contributed by atoms with Crippen LogP contribution in [0.2, 0.25) is 0 Å². The summed E-state index contributed by atoms with van der Waals surface area (Å²) in [7, 11) is -3.85. The number of sulfonamides is 1. The van der Waals surface area contributed by atoms with Crippen LogP contribution >= 0.6 is 0 Å². The van der Waals surface area contributed by atoms with Crippen LogP contribution < -0.4 is 15.4 Å². The number of benzene rings is 1. The molecule has 4 amide bonds. The largest absolute Gasteiger partial charge is 0.325 e. The number of hydrogen-bond acceptors (Lipinski definition) is 6. The minimum Gasteiger partial charge on any atom is -0.324 e. The quantitative estimate of drug-likeness (QED) is 0.585. The van der Waals surface area contributed by atoms with E-state index < -0.39 is 34.0 Å². The first kappa shape index (κ1) is 21.3. The molecule has 11 heteroatoms. The van der Waals surface area contributed by atoms with Gasteiger partial charge in [-0.15, -0.1) is 0 Å². The van der Waals surface area contributed by atoms with Crippen LogP contribution in [0, 0.1) is 0 Å². The van der Waals surface area contributed by atoms with E-state index in [4.69, 9.17) is 0 Å². The van der Waals surface area contributed by atoms with Crippen molar-refractivity contribution in [2.24, 2.45) is 4.99 Å². The zero-order valence-electron chi connectivity index (χ0n) is 17.0. The normalized spacial score (nSPS) is 20.5. The lowest BCUT2D eigenvalue weighted by molar-refractivity contribution is -0.136. The summed E-state index contributed by atoms with van der Waals surface area (Å²) in [4.78, 5) is 42.2. The molecule has 1 aromatic rings. The van der Waals surface area contributed by atoms with E-state index in [1.807, 2.05) is 0 Å². The molecule has 1 aromatic carbocycles. The number of hydrogen-bond donors (Lipinski definition) is 3. The van der Waals surface area contributed by atoms with E-state index in [1.165, 1.54) is 18.2 Å². The molecule has 4 rings (SSSR count). The van der Waals surface area contributed by atoms with Gasteiger partial charge in [-0.1, -0.05) is 12.5 Å². The minimum atomic E-state index is -3.85. The second kappa shape index (κ2) is 8.29. The van der Waals surface area contributed by atoms with Crippen molar-refractivity contribution < 1.29 is 22.8 Å². The number of imide groups is 1. The van der Waals surface area contributed by atoms with Crippen molar-refractivity contribution in [2.75, 3.05) is 18.4 Å². The van der Waals surface area contributed by atoms with Gasteiger partial charge < -0.3 is 10.6 Å². The molecule has 1 saturated heterocycles. The van der Waals surface area contributed by atoms with Crippen LogP contribution in [0.25, 0.3) is 0 Å². The van der Waals surface area contributed by atoms with Gasteiger partial charge in [-0.2, -0.15) is 0 Å². The van der Waals surface area contributed by atoms with Gasteiger partial charge in [0, 0.05) is 18.7 Å². The number of amidine groups is 1. The predicted octanol–water partition coefficient (Wildman–Crippen LogP) is 1.35. The van der Waals surface area contributed by atoms with Gasteiger partial charge in [0.15, 0.2) is 0 Å². The lowest BCUT2D eigenvalue weighted by Crippen LogP contribution is -2.52. The molecule has 166 valence electrons. The fraction of sp³-hybridized carbons (Fsp3) is 0.500. The SMILES string of the molecule is O=C(CN1C(=O)NC2(CCC2)C1=O)Nc1cccc(S(=O)(=O)NC2=NCCCCC2)c1. The number of carbonyl (C=O) groups excluding carboxylic acids is 3. The monoisotopic (exact) mass is 447 g/mol. The van der Waals surface area contributed by atoms with Gasteiger partial charge >= 0.3 is 6.03 Å². The Labute approximate surface area is 180 Å². The van der Waals surface area contributed by atoms with Crippen LogP contribution in [0.5, 0.6) is 0 Å². The number of urea groups is 1. The fourth-order valence-corrected chi connectivity index (χ4v) is 5.08. The highest BCUT2D eigenvalue weighted by atomic mass is 32.2. The van der Waals surface area contributed by atoms with Crippen molar-refractivity contribution in [3.05, 3.63) is 24.3 Å². The van der Waals surface area contributed by atoms with E-state index in [1.54, 1.807) is 6.07 Å². The Kier molecular flexibility index (Phi) is 5.69. The summed E-state index contributed by atoms with van der Waals surface area (Å²) >= 11 is 0. The highest BCUT2D eigenvalue weighted by Crippen LogP contribution is 2.37.